The van der Waals surface area contributed by atoms with E-state index in [1.807, 2.05) is 31.2 Å². The van der Waals surface area contributed by atoms with E-state index in [0.717, 1.165) is 35.7 Å². The van der Waals surface area contributed by atoms with Crippen LogP contribution in [-0.2, 0) is 0 Å². The van der Waals surface area contributed by atoms with Crippen molar-refractivity contribution in [1.29, 1.82) is 0 Å². The van der Waals surface area contributed by atoms with Gasteiger partial charge in [0.05, 0.1) is 5.69 Å². The first-order valence-corrected chi connectivity index (χ1v) is 6.38. The normalized spacial score (nSPS) is 23.4. The average molecular weight is 243 g/mol. The zero-order valence-corrected chi connectivity index (χ0v) is 10.5. The molecule has 1 aliphatic rings. The van der Waals surface area contributed by atoms with Gasteiger partial charge in [-0.15, -0.1) is 5.10 Å². The van der Waals surface area contributed by atoms with Gasteiger partial charge in [-0.1, -0.05) is 18.2 Å². The Morgan fingerprint density at radius 2 is 1.94 bits per heavy atom. The predicted octanol–water partition coefficient (Wildman–Crippen LogP) is 2.20. The summed E-state index contributed by atoms with van der Waals surface area (Å²) in [6, 6.07) is 8.34. The van der Waals surface area contributed by atoms with Gasteiger partial charge < -0.3 is 10.5 Å². The summed E-state index contributed by atoms with van der Waals surface area (Å²) in [7, 11) is 0. The summed E-state index contributed by atoms with van der Waals surface area (Å²) < 4.78 is 5.96. The summed E-state index contributed by atoms with van der Waals surface area (Å²) in [5.74, 6) is 0.635. The molecule has 1 aromatic carbocycles. The van der Waals surface area contributed by atoms with Crippen LogP contribution in [0.25, 0.3) is 10.8 Å². The van der Waals surface area contributed by atoms with Gasteiger partial charge in [0.2, 0.25) is 5.88 Å². The van der Waals surface area contributed by atoms with Gasteiger partial charge >= 0.3 is 0 Å². The van der Waals surface area contributed by atoms with Crippen LogP contribution in [0.3, 0.4) is 0 Å². The van der Waals surface area contributed by atoms with E-state index in [1.54, 1.807) is 0 Å². The molecule has 1 aliphatic carbocycles. The van der Waals surface area contributed by atoms with E-state index < -0.39 is 0 Å². The lowest BCUT2D eigenvalue weighted by atomic mass is 10.1. The zero-order chi connectivity index (χ0) is 12.5. The fourth-order valence-electron chi connectivity index (χ4n) is 2.54. The molecule has 4 heteroatoms. The Morgan fingerprint density at radius 1 is 1.17 bits per heavy atom. The molecule has 2 N–H and O–H groups in total. The Kier molecular flexibility index (Phi) is 2.88. The maximum Gasteiger partial charge on any atom is 0.241 e. The molecule has 0 bridgehead atoms. The lowest BCUT2D eigenvalue weighted by Gasteiger charge is -2.14. The number of hydrogen-bond donors (Lipinski definition) is 1. The van der Waals surface area contributed by atoms with Crippen molar-refractivity contribution >= 4 is 10.8 Å². The second-order valence-electron chi connectivity index (χ2n) is 4.95. The largest absolute Gasteiger partial charge is 0.473 e. The summed E-state index contributed by atoms with van der Waals surface area (Å²) >= 11 is 0. The second kappa shape index (κ2) is 4.53. The fourth-order valence-corrected chi connectivity index (χ4v) is 2.54. The van der Waals surface area contributed by atoms with Crippen molar-refractivity contribution in [3.05, 3.63) is 30.0 Å². The molecule has 0 radical (unpaired) electrons. The molecule has 1 heterocycles. The number of hydrogen-bond acceptors (Lipinski definition) is 4. The molecular formula is C14H17N3O. The van der Waals surface area contributed by atoms with Gasteiger partial charge in [0, 0.05) is 16.8 Å². The smallest absolute Gasteiger partial charge is 0.241 e. The number of nitrogens with zero attached hydrogens (tertiary/aromatic N) is 2. The Hall–Kier alpha value is -1.68. The first kappa shape index (κ1) is 11.4. The van der Waals surface area contributed by atoms with Gasteiger partial charge in [-0.05, 0) is 32.3 Å². The van der Waals surface area contributed by atoms with Crippen molar-refractivity contribution in [3.63, 3.8) is 0 Å². The molecule has 3 rings (SSSR count). The predicted molar refractivity (Wildman–Crippen MR) is 70.5 cm³/mol. The molecule has 0 spiro atoms. The SMILES string of the molecule is Cc1nnc(OC2CCC(N)C2)c2ccccc12. The van der Waals surface area contributed by atoms with Crippen molar-refractivity contribution in [3.8, 4) is 5.88 Å². The lowest BCUT2D eigenvalue weighted by Crippen LogP contribution is -2.19. The molecule has 1 saturated carbocycles. The number of nitrogens with two attached hydrogens (primary N) is 1. The first-order valence-electron chi connectivity index (χ1n) is 6.38. The number of aryl methyl sites for hydroxylation is 1. The van der Waals surface area contributed by atoms with E-state index in [-0.39, 0.29) is 12.1 Å². The molecule has 18 heavy (non-hydrogen) atoms. The summed E-state index contributed by atoms with van der Waals surface area (Å²) in [6.07, 6.45) is 3.12. The van der Waals surface area contributed by atoms with Crippen molar-refractivity contribution in [2.24, 2.45) is 5.73 Å². The average Bonchev–Trinajstić information content (AvgIpc) is 2.79. The Bertz CT molecular complexity index is 570. The molecule has 2 unspecified atom stereocenters. The Morgan fingerprint density at radius 3 is 2.67 bits per heavy atom. The van der Waals surface area contributed by atoms with Crippen LogP contribution in [0.15, 0.2) is 24.3 Å². The molecule has 1 aromatic heterocycles. The van der Waals surface area contributed by atoms with E-state index in [9.17, 15) is 0 Å². The molecule has 94 valence electrons. The van der Waals surface area contributed by atoms with Crippen LogP contribution in [0, 0.1) is 6.92 Å². The summed E-state index contributed by atoms with van der Waals surface area (Å²) in [6.45, 7) is 1.96. The molecule has 2 atom stereocenters. The third-order valence-corrected chi connectivity index (χ3v) is 3.54. The molecular weight excluding hydrogens is 226 g/mol. The summed E-state index contributed by atoms with van der Waals surface area (Å²) in [5, 5.41) is 10.5. The quantitative estimate of drug-likeness (QED) is 0.878. The third-order valence-electron chi connectivity index (χ3n) is 3.54. The second-order valence-corrected chi connectivity index (χ2v) is 4.95. The molecule has 0 aliphatic heterocycles. The Labute approximate surface area is 106 Å². The number of ether oxygens (including phenoxy) is 1. The minimum absolute atomic E-state index is 0.181. The van der Waals surface area contributed by atoms with E-state index in [1.165, 1.54) is 0 Å². The summed E-state index contributed by atoms with van der Waals surface area (Å²) in [4.78, 5) is 0. The number of benzene rings is 1. The van der Waals surface area contributed by atoms with Crippen molar-refractivity contribution in [2.75, 3.05) is 0 Å². The molecule has 2 aromatic rings. The monoisotopic (exact) mass is 243 g/mol. The van der Waals surface area contributed by atoms with E-state index >= 15 is 0 Å². The van der Waals surface area contributed by atoms with E-state index in [0.29, 0.717) is 5.88 Å². The van der Waals surface area contributed by atoms with Crippen LogP contribution in [0.4, 0.5) is 0 Å². The number of rotatable bonds is 2. The van der Waals surface area contributed by atoms with Gasteiger partial charge in [-0.3, -0.25) is 0 Å². The Balaban J connectivity index is 1.95. The van der Waals surface area contributed by atoms with Crippen molar-refractivity contribution in [1.82, 2.24) is 10.2 Å². The maximum atomic E-state index is 5.96. The van der Waals surface area contributed by atoms with Gasteiger partial charge in [0.25, 0.3) is 0 Å². The van der Waals surface area contributed by atoms with Crippen LogP contribution in [0.1, 0.15) is 25.0 Å². The minimum atomic E-state index is 0.181. The van der Waals surface area contributed by atoms with Gasteiger partial charge in [-0.2, -0.15) is 5.10 Å². The van der Waals surface area contributed by atoms with Gasteiger partial charge in [0.1, 0.15) is 6.10 Å². The van der Waals surface area contributed by atoms with Gasteiger partial charge in [0.15, 0.2) is 0 Å². The number of aromatic nitrogens is 2. The van der Waals surface area contributed by atoms with Crippen LogP contribution in [0.5, 0.6) is 5.88 Å². The zero-order valence-electron chi connectivity index (χ0n) is 10.5. The number of fused-ring (bicyclic) bond motifs is 1. The maximum absolute atomic E-state index is 5.96. The molecule has 4 nitrogen and oxygen atoms in total. The van der Waals surface area contributed by atoms with Crippen LogP contribution >= 0.6 is 0 Å². The van der Waals surface area contributed by atoms with E-state index in [4.69, 9.17) is 10.5 Å². The highest BCUT2D eigenvalue weighted by atomic mass is 16.5. The van der Waals surface area contributed by atoms with Crippen LogP contribution in [0.2, 0.25) is 0 Å². The van der Waals surface area contributed by atoms with Crippen LogP contribution < -0.4 is 10.5 Å². The van der Waals surface area contributed by atoms with Crippen LogP contribution in [-0.4, -0.2) is 22.3 Å². The third kappa shape index (κ3) is 2.04. The standard InChI is InChI=1S/C14H17N3O/c1-9-12-4-2-3-5-13(12)14(17-16-9)18-11-7-6-10(15)8-11/h2-5,10-11H,6-8,15H2,1H3. The van der Waals surface area contributed by atoms with Gasteiger partial charge in [-0.25, -0.2) is 0 Å². The van der Waals surface area contributed by atoms with E-state index in [2.05, 4.69) is 10.2 Å². The highest BCUT2D eigenvalue weighted by Gasteiger charge is 2.24. The first-order chi connectivity index (χ1) is 8.74. The van der Waals surface area contributed by atoms with Crippen molar-refractivity contribution < 1.29 is 4.74 Å². The highest BCUT2D eigenvalue weighted by molar-refractivity contribution is 5.88. The fraction of sp³-hybridized carbons (Fsp3) is 0.429. The van der Waals surface area contributed by atoms with Crippen molar-refractivity contribution in [2.45, 2.75) is 38.3 Å². The molecule has 0 amide bonds. The lowest BCUT2D eigenvalue weighted by molar-refractivity contribution is 0.200. The molecule has 0 saturated heterocycles. The minimum Gasteiger partial charge on any atom is -0.473 e. The topological polar surface area (TPSA) is 61.0 Å². The summed E-state index contributed by atoms with van der Waals surface area (Å²) in [5.41, 5.74) is 6.83. The highest BCUT2D eigenvalue weighted by Crippen LogP contribution is 2.28. The molecule has 1 fully saturated rings.